The maximum Gasteiger partial charge on any atom is 0.259 e. The van der Waals surface area contributed by atoms with Gasteiger partial charge < -0.3 is 4.90 Å². The summed E-state index contributed by atoms with van der Waals surface area (Å²) in [5, 5.41) is 4.27. The molecule has 1 aliphatic heterocycles. The third kappa shape index (κ3) is 2.97. The zero-order valence-electron chi connectivity index (χ0n) is 15.4. The van der Waals surface area contributed by atoms with Crippen molar-refractivity contribution in [2.75, 3.05) is 20.6 Å². The zero-order valence-corrected chi connectivity index (χ0v) is 15.4. The fraction of sp³-hybridized carbons (Fsp3) is 0.350. The van der Waals surface area contributed by atoms with Gasteiger partial charge in [-0.15, -0.1) is 0 Å². The molecule has 1 aromatic carbocycles. The van der Waals surface area contributed by atoms with Crippen LogP contribution in [0, 0.1) is 6.92 Å². The predicted octanol–water partition coefficient (Wildman–Crippen LogP) is 2.17. The lowest BCUT2D eigenvalue weighted by molar-refractivity contribution is 0.0735. The van der Waals surface area contributed by atoms with Gasteiger partial charge in [-0.3, -0.25) is 9.69 Å². The van der Waals surface area contributed by atoms with Crippen molar-refractivity contribution in [1.29, 1.82) is 0 Å². The summed E-state index contributed by atoms with van der Waals surface area (Å²) in [5.41, 5.74) is 4.92. The Kier molecular flexibility index (Phi) is 4.20. The van der Waals surface area contributed by atoms with Gasteiger partial charge in [-0.05, 0) is 37.1 Å². The highest BCUT2D eigenvalue weighted by molar-refractivity contribution is 5.99. The number of aryl methyl sites for hydroxylation is 1. The summed E-state index contributed by atoms with van der Waals surface area (Å²) in [5.74, 6) is -0.0383. The van der Waals surface area contributed by atoms with Gasteiger partial charge in [0.25, 0.3) is 5.91 Å². The van der Waals surface area contributed by atoms with E-state index in [1.807, 2.05) is 20.2 Å². The van der Waals surface area contributed by atoms with E-state index in [0.717, 1.165) is 18.5 Å². The quantitative estimate of drug-likeness (QED) is 0.727. The van der Waals surface area contributed by atoms with Gasteiger partial charge in [0.05, 0.1) is 6.20 Å². The van der Waals surface area contributed by atoms with E-state index < -0.39 is 0 Å². The van der Waals surface area contributed by atoms with Gasteiger partial charge in [0.15, 0.2) is 5.65 Å². The number of likely N-dealkylation sites (N-methyl/N-ethyl adjacent to an activating group) is 2. The summed E-state index contributed by atoms with van der Waals surface area (Å²) in [4.78, 5) is 21.4. The molecule has 1 atom stereocenters. The number of aromatic nitrogens is 3. The van der Waals surface area contributed by atoms with Gasteiger partial charge in [0, 0.05) is 38.6 Å². The first-order valence-corrected chi connectivity index (χ1v) is 8.85. The van der Waals surface area contributed by atoms with Crippen LogP contribution in [0.5, 0.6) is 0 Å². The van der Waals surface area contributed by atoms with E-state index in [2.05, 4.69) is 46.3 Å². The van der Waals surface area contributed by atoms with Crippen molar-refractivity contribution in [3.05, 3.63) is 65.1 Å². The molecule has 2 aromatic heterocycles. The van der Waals surface area contributed by atoms with Gasteiger partial charge >= 0.3 is 0 Å². The van der Waals surface area contributed by atoms with Crippen LogP contribution in [-0.2, 0) is 13.0 Å². The first-order valence-electron chi connectivity index (χ1n) is 8.85. The minimum absolute atomic E-state index is 0.0383. The Balaban J connectivity index is 1.52. The molecule has 1 amide bonds. The van der Waals surface area contributed by atoms with Gasteiger partial charge in [-0.25, -0.2) is 9.50 Å². The zero-order chi connectivity index (χ0) is 18.3. The Labute approximate surface area is 153 Å². The fourth-order valence-corrected chi connectivity index (χ4v) is 3.65. The molecule has 4 rings (SSSR count). The molecule has 3 aromatic rings. The first-order chi connectivity index (χ1) is 12.5. The Bertz CT molecular complexity index is 964. The Hall–Kier alpha value is -2.73. The monoisotopic (exact) mass is 349 g/mol. The van der Waals surface area contributed by atoms with Crippen LogP contribution in [0.4, 0.5) is 0 Å². The van der Waals surface area contributed by atoms with Crippen LogP contribution in [0.15, 0.2) is 42.9 Å². The largest absolute Gasteiger partial charge is 0.340 e. The lowest BCUT2D eigenvalue weighted by atomic mass is 9.94. The van der Waals surface area contributed by atoms with Gasteiger partial charge in [0.1, 0.15) is 5.56 Å². The summed E-state index contributed by atoms with van der Waals surface area (Å²) in [6.45, 7) is 3.55. The molecule has 0 N–H and O–H groups in total. The SMILES string of the molecule is Cc1cnc2c(C(=O)N(C)C[C@@H]3Cc4ccccc4CN3C)cnn2c1. The average Bonchev–Trinajstić information content (AvgIpc) is 3.04. The number of benzene rings is 1. The molecule has 134 valence electrons. The third-order valence-corrected chi connectivity index (χ3v) is 5.16. The predicted molar refractivity (Wildman–Crippen MR) is 100 cm³/mol. The van der Waals surface area contributed by atoms with E-state index in [9.17, 15) is 4.79 Å². The molecule has 6 nitrogen and oxygen atoms in total. The summed E-state index contributed by atoms with van der Waals surface area (Å²) in [7, 11) is 3.98. The lowest BCUT2D eigenvalue weighted by Crippen LogP contribution is -2.46. The molecular formula is C20H23N5O. The van der Waals surface area contributed by atoms with Crippen LogP contribution in [-0.4, -0.2) is 57.0 Å². The number of rotatable bonds is 3. The van der Waals surface area contributed by atoms with Crippen molar-refractivity contribution in [3.8, 4) is 0 Å². The summed E-state index contributed by atoms with van der Waals surface area (Å²) >= 11 is 0. The van der Waals surface area contributed by atoms with Crippen molar-refractivity contribution < 1.29 is 4.79 Å². The molecule has 3 heterocycles. The molecular weight excluding hydrogens is 326 g/mol. The molecule has 0 unspecified atom stereocenters. The molecule has 1 aliphatic rings. The van der Waals surface area contributed by atoms with E-state index in [1.165, 1.54) is 11.1 Å². The van der Waals surface area contributed by atoms with E-state index >= 15 is 0 Å². The highest BCUT2D eigenvalue weighted by Gasteiger charge is 2.27. The Morgan fingerprint density at radius 1 is 1.27 bits per heavy atom. The second-order valence-corrected chi connectivity index (χ2v) is 7.19. The van der Waals surface area contributed by atoms with Crippen molar-refractivity contribution in [3.63, 3.8) is 0 Å². The average molecular weight is 349 g/mol. The van der Waals surface area contributed by atoms with E-state index in [4.69, 9.17) is 0 Å². The number of nitrogens with zero attached hydrogens (tertiary/aromatic N) is 5. The van der Waals surface area contributed by atoms with Crippen LogP contribution in [0.3, 0.4) is 0 Å². The van der Waals surface area contributed by atoms with Crippen LogP contribution >= 0.6 is 0 Å². The molecule has 0 radical (unpaired) electrons. The maximum atomic E-state index is 12.9. The van der Waals surface area contributed by atoms with Crippen LogP contribution < -0.4 is 0 Å². The number of hydrogen-bond donors (Lipinski definition) is 0. The van der Waals surface area contributed by atoms with Crippen molar-refractivity contribution in [2.24, 2.45) is 0 Å². The summed E-state index contributed by atoms with van der Waals surface area (Å²) in [6.07, 6.45) is 6.21. The minimum Gasteiger partial charge on any atom is -0.340 e. The van der Waals surface area contributed by atoms with Gasteiger partial charge in [-0.1, -0.05) is 24.3 Å². The normalized spacial score (nSPS) is 17.3. The van der Waals surface area contributed by atoms with Crippen LogP contribution in [0.25, 0.3) is 5.65 Å². The second kappa shape index (κ2) is 6.53. The summed E-state index contributed by atoms with van der Waals surface area (Å²) < 4.78 is 1.67. The first kappa shape index (κ1) is 16.7. The number of carbonyl (C=O) groups excluding carboxylic acids is 1. The maximum absolute atomic E-state index is 12.9. The molecule has 0 bridgehead atoms. The second-order valence-electron chi connectivity index (χ2n) is 7.19. The smallest absolute Gasteiger partial charge is 0.259 e. The highest BCUT2D eigenvalue weighted by Crippen LogP contribution is 2.23. The number of fused-ring (bicyclic) bond motifs is 2. The van der Waals surface area contributed by atoms with Crippen molar-refractivity contribution >= 4 is 11.6 Å². The molecule has 26 heavy (non-hydrogen) atoms. The van der Waals surface area contributed by atoms with Gasteiger partial charge in [-0.2, -0.15) is 5.10 Å². The van der Waals surface area contributed by atoms with Crippen LogP contribution in [0.2, 0.25) is 0 Å². The molecule has 6 heteroatoms. The Morgan fingerprint density at radius 3 is 2.85 bits per heavy atom. The number of amides is 1. The van der Waals surface area contributed by atoms with E-state index in [1.54, 1.807) is 21.8 Å². The van der Waals surface area contributed by atoms with Crippen LogP contribution in [0.1, 0.15) is 27.0 Å². The molecule has 0 fully saturated rings. The highest BCUT2D eigenvalue weighted by atomic mass is 16.2. The van der Waals surface area contributed by atoms with Gasteiger partial charge in [0.2, 0.25) is 0 Å². The lowest BCUT2D eigenvalue weighted by Gasteiger charge is -2.36. The topological polar surface area (TPSA) is 53.7 Å². The molecule has 0 saturated heterocycles. The molecule has 0 spiro atoms. The standard InChI is InChI=1S/C20H23N5O/c1-14-9-21-19-18(10-22-25(19)11-14)20(26)24(3)13-17-8-15-6-4-5-7-16(15)12-23(17)2/h4-7,9-11,17H,8,12-13H2,1-3H3/t17-/m0/s1. The van der Waals surface area contributed by atoms with Crippen molar-refractivity contribution in [1.82, 2.24) is 24.4 Å². The van der Waals surface area contributed by atoms with E-state index in [-0.39, 0.29) is 5.91 Å². The molecule has 0 saturated carbocycles. The molecule has 0 aliphatic carbocycles. The third-order valence-electron chi connectivity index (χ3n) is 5.16. The van der Waals surface area contributed by atoms with Crippen molar-refractivity contribution in [2.45, 2.75) is 25.9 Å². The number of carbonyl (C=O) groups is 1. The fourth-order valence-electron chi connectivity index (χ4n) is 3.65. The Morgan fingerprint density at radius 2 is 2.04 bits per heavy atom. The minimum atomic E-state index is -0.0383. The van der Waals surface area contributed by atoms with E-state index in [0.29, 0.717) is 23.8 Å². The number of hydrogen-bond acceptors (Lipinski definition) is 4. The summed E-state index contributed by atoms with van der Waals surface area (Å²) in [6, 6.07) is 8.85.